The third kappa shape index (κ3) is 8.55. The third-order valence-electron chi connectivity index (χ3n) is 19.7. The molecule has 0 spiro atoms. The zero-order chi connectivity index (χ0) is 63.9. The lowest BCUT2D eigenvalue weighted by Crippen LogP contribution is -2.74. The Bertz CT molecular complexity index is 5800. The number of pyridine rings is 1. The van der Waals surface area contributed by atoms with Crippen LogP contribution in [0.25, 0.3) is 107 Å². The third-order valence-corrected chi connectivity index (χ3v) is 29.2. The van der Waals surface area contributed by atoms with Gasteiger partial charge in [-0.3, -0.25) is 17.9 Å². The molecule has 10 heteroatoms. The molecule has 0 aliphatic rings. The molecule has 0 atom stereocenters. The molecule has 0 aliphatic heterocycles. The van der Waals surface area contributed by atoms with E-state index in [0.717, 1.165) is 78.1 Å². The summed E-state index contributed by atoms with van der Waals surface area (Å²) in [4.78, 5) is 17.2. The van der Waals surface area contributed by atoms with E-state index >= 15 is 0 Å². The Morgan fingerprint density at radius 2 is 0.729 bits per heavy atom. The molecular formula is C86H62N8Si2. The predicted molar refractivity (Wildman–Crippen MR) is 405 cm³/mol. The lowest BCUT2D eigenvalue weighted by Gasteiger charge is -2.34. The van der Waals surface area contributed by atoms with Crippen LogP contribution in [0.4, 0.5) is 0 Å². The molecule has 6 heterocycles. The van der Waals surface area contributed by atoms with Crippen molar-refractivity contribution in [1.29, 1.82) is 0 Å². The quantitative estimate of drug-likeness (QED) is 0.0805. The molecule has 18 aromatic rings. The molecule has 0 bridgehead atoms. The Labute approximate surface area is 557 Å². The van der Waals surface area contributed by atoms with Gasteiger partial charge in [0.05, 0.1) is 55.5 Å². The van der Waals surface area contributed by atoms with E-state index in [1.54, 1.807) is 0 Å². The lowest BCUT2D eigenvalue weighted by atomic mass is 10.1. The first-order chi connectivity index (χ1) is 47.5. The minimum absolute atomic E-state index is 0.694. The Hall–Kier alpha value is -12.2. The number of aromatic nitrogens is 8. The van der Waals surface area contributed by atoms with E-state index in [4.69, 9.17) is 15.0 Å². The van der Waals surface area contributed by atoms with E-state index < -0.39 is 16.1 Å². The maximum atomic E-state index is 5.99. The first-order valence-corrected chi connectivity index (χ1v) is 36.7. The average Bonchev–Trinajstić information content (AvgIpc) is 1.41. The van der Waals surface area contributed by atoms with E-state index in [-0.39, 0.29) is 0 Å². The topological polar surface area (TPSA) is 62.3 Å². The number of fused-ring (bicyclic) bond motifs is 11. The second-order valence-corrected chi connectivity index (χ2v) is 32.3. The van der Waals surface area contributed by atoms with E-state index in [2.05, 4.69) is 376 Å². The van der Waals surface area contributed by atoms with Crippen LogP contribution in [0.5, 0.6) is 0 Å². The highest BCUT2D eigenvalue weighted by atomic mass is 28.3. The van der Waals surface area contributed by atoms with Crippen molar-refractivity contribution in [3.63, 3.8) is 0 Å². The van der Waals surface area contributed by atoms with Crippen molar-refractivity contribution in [2.45, 2.75) is 6.92 Å². The lowest BCUT2D eigenvalue weighted by molar-refractivity contribution is 0.981. The van der Waals surface area contributed by atoms with Crippen LogP contribution in [0, 0.1) is 0 Å². The van der Waals surface area contributed by atoms with E-state index in [1.807, 2.05) is 6.08 Å². The number of benzene rings is 12. The first-order valence-electron chi connectivity index (χ1n) is 32.7. The zero-order valence-corrected chi connectivity index (χ0v) is 54.7. The summed E-state index contributed by atoms with van der Waals surface area (Å²) in [5.41, 5.74) is 12.9. The summed E-state index contributed by atoms with van der Waals surface area (Å²) in [5.74, 6) is 2.87. The maximum absolute atomic E-state index is 5.99. The molecule has 0 saturated heterocycles. The summed E-state index contributed by atoms with van der Waals surface area (Å²) in [7, 11) is -6.03. The van der Waals surface area contributed by atoms with Crippen molar-refractivity contribution in [2.24, 2.45) is 0 Å². The van der Waals surface area contributed by atoms with Crippen LogP contribution in [0.1, 0.15) is 18.3 Å². The molecular weight excluding hydrogens is 1200 g/mol. The van der Waals surface area contributed by atoms with Crippen molar-refractivity contribution >= 4 is 136 Å². The number of nitrogens with zero attached hydrogens (tertiary/aromatic N) is 8. The fourth-order valence-electron chi connectivity index (χ4n) is 15.7. The molecule has 6 aromatic heterocycles. The predicted octanol–water partition coefficient (Wildman–Crippen LogP) is 14.6. The number of hydrogen-bond donors (Lipinski definition) is 0. The largest absolute Gasteiger partial charge is 0.309 e. The summed E-state index contributed by atoms with van der Waals surface area (Å²) in [5, 5.41) is 12.7. The molecule has 12 aromatic carbocycles. The van der Waals surface area contributed by atoms with Gasteiger partial charge in [-0.2, -0.15) is 0 Å². The molecule has 0 amide bonds. The Kier molecular flexibility index (Phi) is 13.4. The van der Waals surface area contributed by atoms with Gasteiger partial charge in [0.25, 0.3) is 0 Å². The maximum Gasteiger partial charge on any atom is 0.221 e. The van der Waals surface area contributed by atoms with Crippen LogP contribution < -0.4 is 41.5 Å². The Morgan fingerprint density at radius 3 is 1.19 bits per heavy atom. The standard InChI is InChI=1S/C86H62N8Si2/c1-3-30-77-73(4-2)87-85-91(77)81-58-69(95(63-33-11-5-12-34-63,64-35-13-6-14-36-64)65-37-15-7-16-38-65)51-53-79(81)93(85)83-56-61(60-31-29-32-62(55-60)90-75-48-26-23-45-71(75)72-46-24-27-49-76(72)90)57-84(89-83)94-80-54-52-70(59-82(80)92-78-50-28-25-47-74(78)88-86(92)94)96(66-39-17-8-18-40-66,67-41-19-9-20-42-67)68-43-21-10-22-44-68/h3-59H,2H2,1H3/b30-3-. The van der Waals surface area contributed by atoms with Crippen molar-refractivity contribution in [1.82, 2.24) is 37.5 Å². The van der Waals surface area contributed by atoms with Gasteiger partial charge in [-0.1, -0.05) is 267 Å². The number of allylic oxidation sites excluding steroid dienone is 1. The number of hydrogen-bond acceptors (Lipinski definition) is 3. The molecule has 0 fully saturated rings. The molecule has 96 heavy (non-hydrogen) atoms. The molecule has 0 N–H and O–H groups in total. The molecule has 8 nitrogen and oxygen atoms in total. The fourth-order valence-corrected chi connectivity index (χ4v) is 25.2. The monoisotopic (exact) mass is 1260 g/mol. The second kappa shape index (κ2) is 22.8. The number of imidazole rings is 4. The summed E-state index contributed by atoms with van der Waals surface area (Å²) in [6.45, 7) is 6.45. The Balaban J connectivity index is 0.943. The Morgan fingerprint density at radius 1 is 0.312 bits per heavy atom. The van der Waals surface area contributed by atoms with Crippen molar-refractivity contribution in [2.75, 3.05) is 0 Å². The summed E-state index contributed by atoms with van der Waals surface area (Å²) >= 11 is 0. The van der Waals surface area contributed by atoms with Gasteiger partial charge < -0.3 is 4.57 Å². The number of rotatable bonds is 14. The highest BCUT2D eigenvalue weighted by Gasteiger charge is 2.44. The molecule has 0 unspecified atom stereocenters. The average molecular weight is 1260 g/mol. The van der Waals surface area contributed by atoms with Gasteiger partial charge in [-0.25, -0.2) is 15.0 Å². The SMILES string of the molecule is C=Cc1nc2n(-c3cc(-c4cccc(-n5c6ccccc6c6ccccc65)c4)cc(-n4c5ccc([Si](c6ccccc6)(c6ccccc6)c6ccccc6)cc5n5c6ccccc6nc45)n3)c3ccc([Si](c4ccccc4)(c4ccccc4)c4ccccc4)cc3n2c1/C=C\C. The van der Waals surface area contributed by atoms with Gasteiger partial charge in [0.1, 0.15) is 11.6 Å². The van der Waals surface area contributed by atoms with Gasteiger partial charge in [0, 0.05) is 16.5 Å². The van der Waals surface area contributed by atoms with E-state index in [9.17, 15) is 0 Å². The highest BCUT2D eigenvalue weighted by molar-refractivity contribution is 7.20. The zero-order valence-electron chi connectivity index (χ0n) is 52.7. The highest BCUT2D eigenvalue weighted by Crippen LogP contribution is 2.38. The summed E-state index contributed by atoms with van der Waals surface area (Å²) in [6, 6.07) is 121. The van der Waals surface area contributed by atoms with Crippen LogP contribution in [-0.2, 0) is 0 Å². The normalized spacial score (nSPS) is 12.2. The minimum Gasteiger partial charge on any atom is -0.309 e. The second-order valence-electron chi connectivity index (χ2n) is 24.7. The van der Waals surface area contributed by atoms with Gasteiger partial charge in [0.2, 0.25) is 11.6 Å². The van der Waals surface area contributed by atoms with Crippen LogP contribution in [-0.4, -0.2) is 53.6 Å². The van der Waals surface area contributed by atoms with Crippen molar-refractivity contribution in [3.8, 4) is 28.5 Å². The van der Waals surface area contributed by atoms with Gasteiger partial charge in [-0.15, -0.1) is 0 Å². The smallest absolute Gasteiger partial charge is 0.221 e. The van der Waals surface area contributed by atoms with Crippen molar-refractivity contribution in [3.05, 3.63) is 352 Å². The molecule has 18 rings (SSSR count). The van der Waals surface area contributed by atoms with Crippen LogP contribution >= 0.6 is 0 Å². The van der Waals surface area contributed by atoms with E-state index in [0.29, 0.717) is 17.4 Å². The van der Waals surface area contributed by atoms with Crippen LogP contribution in [0.2, 0.25) is 0 Å². The van der Waals surface area contributed by atoms with Gasteiger partial charge in [0.15, 0.2) is 16.1 Å². The van der Waals surface area contributed by atoms with E-state index in [1.165, 1.54) is 52.3 Å². The summed E-state index contributed by atoms with van der Waals surface area (Å²) < 4.78 is 11.6. The van der Waals surface area contributed by atoms with Crippen molar-refractivity contribution < 1.29 is 0 Å². The first kappa shape index (κ1) is 56.5. The van der Waals surface area contributed by atoms with Crippen LogP contribution in [0.15, 0.2) is 340 Å². The molecule has 0 radical (unpaired) electrons. The van der Waals surface area contributed by atoms with Gasteiger partial charge >= 0.3 is 0 Å². The van der Waals surface area contributed by atoms with Gasteiger partial charge in [-0.05, 0) is 144 Å². The summed E-state index contributed by atoms with van der Waals surface area (Å²) in [6.07, 6.45) is 6.12. The molecule has 0 aliphatic carbocycles. The number of para-hydroxylation sites is 4. The molecule has 0 saturated carbocycles. The minimum atomic E-state index is -3.02. The fraction of sp³-hybridized carbons (Fsp3) is 0.0116. The molecule has 454 valence electrons. The van der Waals surface area contributed by atoms with Crippen LogP contribution in [0.3, 0.4) is 0 Å².